The standard InChI is InChI=1S/C15H21FN2O3/c1-3-8-18(11-15(20)21)10-14(19)17(2)9-12-6-4-5-7-13(12)16/h4-7H,3,8-11H2,1-2H3,(H,20,21). The van der Waals surface area contributed by atoms with Crippen LogP contribution in [0.3, 0.4) is 0 Å². The first kappa shape index (κ1) is 17.1. The summed E-state index contributed by atoms with van der Waals surface area (Å²) in [7, 11) is 1.58. The molecule has 1 N–H and O–H groups in total. The molecule has 0 saturated heterocycles. The summed E-state index contributed by atoms with van der Waals surface area (Å²) in [6, 6.07) is 6.28. The number of rotatable bonds is 8. The fourth-order valence-electron chi connectivity index (χ4n) is 2.00. The van der Waals surface area contributed by atoms with Crippen molar-refractivity contribution in [1.82, 2.24) is 9.80 Å². The molecule has 0 fully saturated rings. The lowest BCUT2D eigenvalue weighted by molar-refractivity contribution is -0.139. The van der Waals surface area contributed by atoms with Gasteiger partial charge < -0.3 is 10.0 Å². The van der Waals surface area contributed by atoms with Gasteiger partial charge in [0, 0.05) is 19.2 Å². The van der Waals surface area contributed by atoms with E-state index in [0.717, 1.165) is 6.42 Å². The molecular weight excluding hydrogens is 275 g/mol. The molecule has 0 spiro atoms. The number of carboxylic acid groups (broad SMARTS) is 1. The Hall–Kier alpha value is -1.95. The minimum atomic E-state index is -0.965. The number of carbonyl (C=O) groups excluding carboxylic acids is 1. The van der Waals surface area contributed by atoms with Crippen LogP contribution in [-0.2, 0) is 16.1 Å². The van der Waals surface area contributed by atoms with Gasteiger partial charge in [-0.1, -0.05) is 25.1 Å². The zero-order valence-corrected chi connectivity index (χ0v) is 12.4. The zero-order valence-electron chi connectivity index (χ0n) is 12.4. The van der Waals surface area contributed by atoms with Gasteiger partial charge in [0.2, 0.25) is 5.91 Å². The van der Waals surface area contributed by atoms with Crippen LogP contribution < -0.4 is 0 Å². The molecule has 0 heterocycles. The van der Waals surface area contributed by atoms with Crippen molar-refractivity contribution >= 4 is 11.9 Å². The molecule has 6 heteroatoms. The number of aliphatic carboxylic acids is 1. The van der Waals surface area contributed by atoms with Crippen molar-refractivity contribution in [2.24, 2.45) is 0 Å². The van der Waals surface area contributed by atoms with E-state index in [9.17, 15) is 14.0 Å². The Labute approximate surface area is 124 Å². The van der Waals surface area contributed by atoms with Crippen molar-refractivity contribution in [1.29, 1.82) is 0 Å². The molecule has 0 unspecified atom stereocenters. The number of nitrogens with zero attached hydrogens (tertiary/aromatic N) is 2. The van der Waals surface area contributed by atoms with Gasteiger partial charge in [0.15, 0.2) is 0 Å². The highest BCUT2D eigenvalue weighted by Gasteiger charge is 2.17. The van der Waals surface area contributed by atoms with Crippen molar-refractivity contribution in [3.8, 4) is 0 Å². The molecule has 5 nitrogen and oxygen atoms in total. The molecule has 116 valence electrons. The van der Waals surface area contributed by atoms with Gasteiger partial charge in [-0.25, -0.2) is 4.39 Å². The summed E-state index contributed by atoms with van der Waals surface area (Å²) in [5.41, 5.74) is 0.439. The molecule has 1 aromatic carbocycles. The van der Waals surface area contributed by atoms with Crippen LogP contribution >= 0.6 is 0 Å². The Bertz CT molecular complexity index is 494. The van der Waals surface area contributed by atoms with Crippen LogP contribution in [-0.4, -0.2) is 53.5 Å². The maximum absolute atomic E-state index is 13.5. The van der Waals surface area contributed by atoms with E-state index < -0.39 is 5.97 Å². The summed E-state index contributed by atoms with van der Waals surface area (Å²) >= 11 is 0. The van der Waals surface area contributed by atoms with E-state index >= 15 is 0 Å². The summed E-state index contributed by atoms with van der Waals surface area (Å²) in [6.45, 7) is 2.46. The van der Waals surface area contributed by atoms with Gasteiger partial charge in [0.1, 0.15) is 5.82 Å². The van der Waals surface area contributed by atoms with Crippen LogP contribution in [0.15, 0.2) is 24.3 Å². The molecule has 1 aromatic rings. The van der Waals surface area contributed by atoms with Gasteiger partial charge in [-0.3, -0.25) is 14.5 Å². The molecule has 0 bridgehead atoms. The Morgan fingerprint density at radius 1 is 1.24 bits per heavy atom. The lowest BCUT2D eigenvalue weighted by atomic mass is 10.2. The van der Waals surface area contributed by atoms with E-state index in [1.807, 2.05) is 6.92 Å². The van der Waals surface area contributed by atoms with E-state index in [0.29, 0.717) is 12.1 Å². The lowest BCUT2D eigenvalue weighted by Gasteiger charge is -2.23. The molecule has 0 aliphatic carbocycles. The molecule has 0 aliphatic rings. The summed E-state index contributed by atoms with van der Waals surface area (Å²) in [5, 5.41) is 8.82. The molecular formula is C15H21FN2O3. The Kier molecular flexibility index (Phi) is 6.81. The predicted molar refractivity (Wildman–Crippen MR) is 77.2 cm³/mol. The molecule has 1 amide bonds. The van der Waals surface area contributed by atoms with Crippen LogP contribution in [0.1, 0.15) is 18.9 Å². The molecule has 0 aromatic heterocycles. The lowest BCUT2D eigenvalue weighted by Crippen LogP contribution is -2.40. The first-order valence-electron chi connectivity index (χ1n) is 6.85. The first-order chi connectivity index (χ1) is 9.93. The molecule has 0 saturated carbocycles. The van der Waals surface area contributed by atoms with Crippen molar-refractivity contribution in [2.75, 3.05) is 26.7 Å². The second-order valence-corrected chi connectivity index (χ2v) is 4.95. The average Bonchev–Trinajstić information content (AvgIpc) is 2.40. The number of hydrogen-bond acceptors (Lipinski definition) is 3. The number of halogens is 1. The van der Waals surface area contributed by atoms with Gasteiger partial charge in [0.25, 0.3) is 0 Å². The largest absolute Gasteiger partial charge is 0.480 e. The quantitative estimate of drug-likeness (QED) is 0.791. The molecule has 21 heavy (non-hydrogen) atoms. The summed E-state index contributed by atoms with van der Waals surface area (Å²) < 4.78 is 13.5. The van der Waals surface area contributed by atoms with E-state index in [1.54, 1.807) is 30.1 Å². The second kappa shape index (κ2) is 8.36. The van der Waals surface area contributed by atoms with Crippen LogP contribution in [0.25, 0.3) is 0 Å². The van der Waals surface area contributed by atoms with Gasteiger partial charge in [0.05, 0.1) is 13.1 Å². The highest BCUT2D eigenvalue weighted by atomic mass is 19.1. The summed E-state index contributed by atoms with van der Waals surface area (Å²) in [6.07, 6.45) is 0.761. The Morgan fingerprint density at radius 3 is 2.48 bits per heavy atom. The fourth-order valence-corrected chi connectivity index (χ4v) is 2.00. The highest BCUT2D eigenvalue weighted by molar-refractivity contribution is 5.79. The fraction of sp³-hybridized carbons (Fsp3) is 0.467. The van der Waals surface area contributed by atoms with Gasteiger partial charge >= 0.3 is 5.97 Å². The van der Waals surface area contributed by atoms with Gasteiger partial charge in [-0.15, -0.1) is 0 Å². The van der Waals surface area contributed by atoms with Gasteiger partial charge in [-0.2, -0.15) is 0 Å². The molecule has 0 aliphatic heterocycles. The summed E-state index contributed by atoms with van der Waals surface area (Å²) in [5.74, 6) is -1.55. The number of amides is 1. The van der Waals surface area contributed by atoms with E-state index in [2.05, 4.69) is 0 Å². The SMILES string of the molecule is CCCN(CC(=O)O)CC(=O)N(C)Cc1ccccc1F. The predicted octanol–water partition coefficient (Wildman–Crippen LogP) is 1.58. The van der Waals surface area contributed by atoms with Crippen LogP contribution in [0, 0.1) is 5.82 Å². The number of benzene rings is 1. The molecule has 0 radical (unpaired) electrons. The minimum absolute atomic E-state index is 0.0189. The maximum atomic E-state index is 13.5. The number of carboxylic acids is 1. The van der Waals surface area contributed by atoms with E-state index in [1.165, 1.54) is 11.0 Å². The number of hydrogen-bond donors (Lipinski definition) is 1. The highest BCUT2D eigenvalue weighted by Crippen LogP contribution is 2.09. The van der Waals surface area contributed by atoms with Crippen molar-refractivity contribution in [3.05, 3.63) is 35.6 Å². The van der Waals surface area contributed by atoms with Crippen molar-refractivity contribution in [3.63, 3.8) is 0 Å². The van der Waals surface area contributed by atoms with Crippen molar-refractivity contribution in [2.45, 2.75) is 19.9 Å². The van der Waals surface area contributed by atoms with Crippen LogP contribution in [0.2, 0.25) is 0 Å². The Morgan fingerprint density at radius 2 is 1.90 bits per heavy atom. The maximum Gasteiger partial charge on any atom is 0.317 e. The minimum Gasteiger partial charge on any atom is -0.480 e. The third kappa shape index (κ3) is 5.91. The molecule has 0 atom stereocenters. The first-order valence-corrected chi connectivity index (χ1v) is 6.85. The monoisotopic (exact) mass is 296 g/mol. The van der Waals surface area contributed by atoms with Crippen molar-refractivity contribution < 1.29 is 19.1 Å². The van der Waals surface area contributed by atoms with Gasteiger partial charge in [-0.05, 0) is 19.0 Å². The number of likely N-dealkylation sites (N-methyl/N-ethyl adjacent to an activating group) is 1. The summed E-state index contributed by atoms with van der Waals surface area (Å²) in [4.78, 5) is 25.8. The second-order valence-electron chi connectivity index (χ2n) is 4.95. The Balaban J connectivity index is 2.60. The van der Waals surface area contributed by atoms with Crippen LogP contribution in [0.4, 0.5) is 4.39 Å². The third-order valence-electron chi connectivity index (χ3n) is 3.05. The third-order valence-corrected chi connectivity index (χ3v) is 3.05. The average molecular weight is 296 g/mol. The normalized spacial score (nSPS) is 10.7. The molecule has 1 rings (SSSR count). The smallest absolute Gasteiger partial charge is 0.317 e. The number of carbonyl (C=O) groups is 2. The zero-order chi connectivity index (χ0) is 15.8. The topological polar surface area (TPSA) is 60.9 Å². The van der Waals surface area contributed by atoms with E-state index in [-0.39, 0.29) is 31.4 Å². The van der Waals surface area contributed by atoms with E-state index in [4.69, 9.17) is 5.11 Å². The van der Waals surface area contributed by atoms with Crippen LogP contribution in [0.5, 0.6) is 0 Å².